The molecular weight excluding hydrogens is 359 g/mol. The summed E-state index contributed by atoms with van der Waals surface area (Å²) in [6.45, 7) is -0.0307. The van der Waals surface area contributed by atoms with Gasteiger partial charge in [-0.05, 0) is 46.3 Å². The van der Waals surface area contributed by atoms with Crippen molar-refractivity contribution in [1.82, 2.24) is 0 Å². The van der Waals surface area contributed by atoms with Crippen molar-refractivity contribution < 1.29 is 9.53 Å². The third-order valence-corrected chi connectivity index (χ3v) is 4.23. The van der Waals surface area contributed by atoms with Gasteiger partial charge in [0.05, 0.1) is 13.7 Å². The van der Waals surface area contributed by atoms with E-state index in [9.17, 15) is 4.79 Å². The van der Waals surface area contributed by atoms with E-state index in [1.165, 1.54) is 11.3 Å². The van der Waals surface area contributed by atoms with Gasteiger partial charge in [-0.15, -0.1) is 11.3 Å². The molecule has 0 saturated heterocycles. The van der Waals surface area contributed by atoms with Crippen LogP contribution < -0.4 is 4.74 Å². The first-order valence-corrected chi connectivity index (χ1v) is 7.29. The standard InChI is InChI=1S/C12H7BrCl2O2S/c13-8-5-7(14)1-2-10(8)17-6-9(16)11-3-4-12(15)18-11/h1-5H,6H2. The third kappa shape index (κ3) is 3.48. The second kappa shape index (κ2) is 6.06. The maximum atomic E-state index is 11.8. The monoisotopic (exact) mass is 364 g/mol. The van der Waals surface area contributed by atoms with Crippen LogP contribution in [0, 0.1) is 0 Å². The molecule has 1 aromatic carbocycles. The van der Waals surface area contributed by atoms with E-state index in [2.05, 4.69) is 15.9 Å². The number of thiophene rings is 1. The number of benzene rings is 1. The highest BCUT2D eigenvalue weighted by Gasteiger charge is 2.11. The summed E-state index contributed by atoms with van der Waals surface area (Å²) < 4.78 is 6.73. The van der Waals surface area contributed by atoms with Gasteiger partial charge in [-0.25, -0.2) is 0 Å². The fourth-order valence-corrected chi connectivity index (χ4v) is 3.04. The highest BCUT2D eigenvalue weighted by Crippen LogP contribution is 2.28. The molecule has 0 fully saturated rings. The number of Topliss-reactive ketones (excluding diaryl/α,β-unsaturated/α-hetero) is 1. The molecule has 0 radical (unpaired) electrons. The number of ketones is 1. The van der Waals surface area contributed by atoms with E-state index in [1.807, 2.05) is 0 Å². The van der Waals surface area contributed by atoms with Crippen LogP contribution >= 0.6 is 50.5 Å². The summed E-state index contributed by atoms with van der Waals surface area (Å²) in [5, 5.41) is 0.602. The van der Waals surface area contributed by atoms with Gasteiger partial charge in [0, 0.05) is 5.02 Å². The lowest BCUT2D eigenvalue weighted by atomic mass is 10.3. The first-order chi connectivity index (χ1) is 8.56. The molecule has 1 heterocycles. The molecule has 0 bridgehead atoms. The van der Waals surface area contributed by atoms with E-state index >= 15 is 0 Å². The Bertz CT molecular complexity index is 583. The first-order valence-electron chi connectivity index (χ1n) is 4.92. The maximum Gasteiger partial charge on any atom is 0.210 e. The molecule has 2 nitrogen and oxygen atoms in total. The Kier molecular flexibility index (Phi) is 4.67. The number of rotatable bonds is 4. The number of carbonyl (C=O) groups excluding carboxylic acids is 1. The van der Waals surface area contributed by atoms with Crippen LogP contribution in [0.3, 0.4) is 0 Å². The van der Waals surface area contributed by atoms with Gasteiger partial charge in [0.2, 0.25) is 5.78 Å². The zero-order valence-corrected chi connectivity index (χ0v) is 12.9. The van der Waals surface area contributed by atoms with E-state index in [4.69, 9.17) is 27.9 Å². The molecule has 0 aliphatic rings. The molecule has 18 heavy (non-hydrogen) atoms. The number of hydrogen-bond donors (Lipinski definition) is 0. The topological polar surface area (TPSA) is 26.3 Å². The van der Waals surface area contributed by atoms with Crippen LogP contribution in [0.2, 0.25) is 9.36 Å². The number of halogens is 3. The van der Waals surface area contributed by atoms with Crippen LogP contribution in [-0.2, 0) is 0 Å². The predicted molar refractivity (Wildman–Crippen MR) is 78.3 cm³/mol. The van der Waals surface area contributed by atoms with Gasteiger partial charge in [0.1, 0.15) is 5.75 Å². The lowest BCUT2D eigenvalue weighted by molar-refractivity contribution is 0.0925. The molecule has 0 saturated carbocycles. The second-order valence-electron chi connectivity index (χ2n) is 3.39. The summed E-state index contributed by atoms with van der Waals surface area (Å²) in [6, 6.07) is 8.51. The molecule has 2 rings (SSSR count). The van der Waals surface area contributed by atoms with Crippen molar-refractivity contribution in [3.8, 4) is 5.75 Å². The number of hydrogen-bond acceptors (Lipinski definition) is 3. The molecule has 0 atom stereocenters. The van der Waals surface area contributed by atoms with Gasteiger partial charge in [-0.3, -0.25) is 4.79 Å². The molecule has 1 aromatic heterocycles. The third-order valence-electron chi connectivity index (χ3n) is 2.10. The molecule has 0 N–H and O–H groups in total. The quantitative estimate of drug-likeness (QED) is 0.706. The van der Waals surface area contributed by atoms with E-state index in [0.717, 1.165) is 0 Å². The van der Waals surface area contributed by atoms with Crippen LogP contribution in [0.1, 0.15) is 9.67 Å². The highest BCUT2D eigenvalue weighted by atomic mass is 79.9. The molecule has 0 amide bonds. The summed E-state index contributed by atoms with van der Waals surface area (Å²) in [5.41, 5.74) is 0. The summed E-state index contributed by atoms with van der Waals surface area (Å²) in [6.07, 6.45) is 0. The largest absolute Gasteiger partial charge is 0.484 e. The average molecular weight is 366 g/mol. The Morgan fingerprint density at radius 1 is 1.28 bits per heavy atom. The molecule has 94 valence electrons. The van der Waals surface area contributed by atoms with E-state index < -0.39 is 0 Å². The fourth-order valence-electron chi connectivity index (χ4n) is 1.27. The lowest BCUT2D eigenvalue weighted by Crippen LogP contribution is -2.10. The molecule has 0 aliphatic carbocycles. The molecule has 2 aromatic rings. The summed E-state index contributed by atoms with van der Waals surface area (Å²) in [4.78, 5) is 12.4. The van der Waals surface area contributed by atoms with Gasteiger partial charge in [-0.2, -0.15) is 0 Å². The number of carbonyl (C=O) groups is 1. The Hall–Kier alpha value is -0.550. The molecule has 0 unspecified atom stereocenters. The Balaban J connectivity index is 2.01. The van der Waals surface area contributed by atoms with Gasteiger partial charge in [0.25, 0.3) is 0 Å². The molecular formula is C12H7BrCl2O2S. The normalized spacial score (nSPS) is 10.4. The predicted octanol–water partition coefficient (Wildman–Crippen LogP) is 5.08. The van der Waals surface area contributed by atoms with E-state index in [0.29, 0.717) is 24.5 Å². The Morgan fingerprint density at radius 2 is 2.06 bits per heavy atom. The van der Waals surface area contributed by atoms with Crippen molar-refractivity contribution in [2.24, 2.45) is 0 Å². The van der Waals surface area contributed by atoms with Crippen molar-refractivity contribution in [1.29, 1.82) is 0 Å². The molecule has 6 heteroatoms. The minimum absolute atomic E-state index is 0.0307. The maximum absolute atomic E-state index is 11.8. The molecule has 0 aliphatic heterocycles. The Labute approximate surface area is 127 Å². The van der Waals surface area contributed by atoms with Crippen LogP contribution in [0.5, 0.6) is 5.75 Å². The van der Waals surface area contributed by atoms with Crippen LogP contribution in [-0.4, -0.2) is 12.4 Å². The zero-order valence-electron chi connectivity index (χ0n) is 8.95. The van der Waals surface area contributed by atoms with Crippen LogP contribution in [0.4, 0.5) is 0 Å². The van der Waals surface area contributed by atoms with Gasteiger partial charge in [0.15, 0.2) is 6.61 Å². The van der Waals surface area contributed by atoms with Crippen LogP contribution in [0.15, 0.2) is 34.8 Å². The van der Waals surface area contributed by atoms with E-state index in [-0.39, 0.29) is 12.4 Å². The summed E-state index contributed by atoms with van der Waals surface area (Å²) >= 11 is 16.1. The SMILES string of the molecule is O=C(COc1ccc(Cl)cc1Br)c1ccc(Cl)s1. The second-order valence-corrected chi connectivity index (χ2v) is 6.40. The first kappa shape index (κ1) is 13.9. The number of ether oxygens (including phenoxy) is 1. The smallest absolute Gasteiger partial charge is 0.210 e. The lowest BCUT2D eigenvalue weighted by Gasteiger charge is -2.06. The van der Waals surface area contributed by atoms with Crippen molar-refractivity contribution >= 4 is 56.3 Å². The minimum atomic E-state index is -0.103. The van der Waals surface area contributed by atoms with Gasteiger partial charge >= 0.3 is 0 Å². The fraction of sp³-hybridized carbons (Fsp3) is 0.0833. The van der Waals surface area contributed by atoms with E-state index in [1.54, 1.807) is 30.3 Å². The minimum Gasteiger partial charge on any atom is -0.484 e. The van der Waals surface area contributed by atoms with Crippen molar-refractivity contribution in [3.05, 3.63) is 49.0 Å². The van der Waals surface area contributed by atoms with Crippen molar-refractivity contribution in [2.45, 2.75) is 0 Å². The summed E-state index contributed by atoms with van der Waals surface area (Å²) in [5.74, 6) is 0.476. The average Bonchev–Trinajstić information content (AvgIpc) is 2.74. The van der Waals surface area contributed by atoms with Gasteiger partial charge < -0.3 is 4.74 Å². The summed E-state index contributed by atoms with van der Waals surface area (Å²) in [7, 11) is 0. The Morgan fingerprint density at radius 3 is 2.67 bits per heavy atom. The van der Waals surface area contributed by atoms with Crippen molar-refractivity contribution in [3.63, 3.8) is 0 Å². The van der Waals surface area contributed by atoms with Gasteiger partial charge in [-0.1, -0.05) is 23.2 Å². The van der Waals surface area contributed by atoms with Crippen LogP contribution in [0.25, 0.3) is 0 Å². The zero-order chi connectivity index (χ0) is 13.1. The van der Waals surface area contributed by atoms with Crippen molar-refractivity contribution in [2.75, 3.05) is 6.61 Å². The highest BCUT2D eigenvalue weighted by molar-refractivity contribution is 9.10. The molecule has 0 spiro atoms.